The van der Waals surface area contributed by atoms with Gasteiger partial charge in [-0.2, -0.15) is 8.42 Å². The number of nitrogens with zero attached hydrogens (tertiary/aromatic N) is 1. The summed E-state index contributed by atoms with van der Waals surface area (Å²) in [5.74, 6) is -0.378. The van der Waals surface area contributed by atoms with Gasteiger partial charge in [0.05, 0.1) is 11.4 Å². The number of benzene rings is 4. The van der Waals surface area contributed by atoms with Gasteiger partial charge in [0.2, 0.25) is 0 Å². The van der Waals surface area contributed by atoms with Crippen LogP contribution in [0.3, 0.4) is 0 Å². The standard InChI is InChI=1S/C28H20BrNO5S2/c1-18-6-13-22(14-7-18)37(33,34)35-25-15-10-20-4-2-3-5-23(20)24(25)16-26-27(31)30(28(32)36-26)17-19-8-11-21(29)12-9-19/h2-16H,17H2,1H3/b26-16-. The maximum atomic E-state index is 13.2. The van der Waals surface area contributed by atoms with Gasteiger partial charge in [-0.3, -0.25) is 14.5 Å². The van der Waals surface area contributed by atoms with E-state index in [0.29, 0.717) is 10.9 Å². The molecular weight excluding hydrogens is 574 g/mol. The molecule has 5 rings (SSSR count). The summed E-state index contributed by atoms with van der Waals surface area (Å²) in [4.78, 5) is 27.3. The van der Waals surface area contributed by atoms with E-state index in [2.05, 4.69) is 15.9 Å². The van der Waals surface area contributed by atoms with Crippen LogP contribution in [0.5, 0.6) is 5.75 Å². The van der Waals surface area contributed by atoms with Crippen LogP contribution in [-0.4, -0.2) is 24.5 Å². The second kappa shape index (κ2) is 10.2. The molecule has 0 atom stereocenters. The normalized spacial score (nSPS) is 15.1. The minimum absolute atomic E-state index is 0.0204. The molecule has 0 aliphatic carbocycles. The van der Waals surface area contributed by atoms with Crippen LogP contribution in [0, 0.1) is 6.92 Å². The lowest BCUT2D eigenvalue weighted by Gasteiger charge is -2.13. The molecule has 4 aromatic carbocycles. The molecule has 6 nitrogen and oxygen atoms in total. The van der Waals surface area contributed by atoms with Crippen LogP contribution >= 0.6 is 27.7 Å². The summed E-state index contributed by atoms with van der Waals surface area (Å²) in [6, 6.07) is 24.4. The van der Waals surface area contributed by atoms with E-state index >= 15 is 0 Å². The Morgan fingerprint density at radius 3 is 2.35 bits per heavy atom. The monoisotopic (exact) mass is 593 g/mol. The first-order chi connectivity index (χ1) is 17.7. The maximum absolute atomic E-state index is 13.2. The highest BCUT2D eigenvalue weighted by atomic mass is 79.9. The molecule has 4 aromatic rings. The molecule has 0 radical (unpaired) electrons. The highest BCUT2D eigenvalue weighted by Gasteiger charge is 2.35. The zero-order valence-corrected chi connectivity index (χ0v) is 22.8. The van der Waals surface area contributed by atoms with E-state index in [9.17, 15) is 18.0 Å². The number of hydrogen-bond acceptors (Lipinski definition) is 6. The Morgan fingerprint density at radius 1 is 0.919 bits per heavy atom. The Kier molecular flexibility index (Phi) is 6.94. The maximum Gasteiger partial charge on any atom is 0.339 e. The number of amides is 2. The van der Waals surface area contributed by atoms with E-state index in [1.54, 1.807) is 24.3 Å². The average molecular weight is 595 g/mol. The van der Waals surface area contributed by atoms with E-state index in [-0.39, 0.29) is 22.1 Å². The third-order valence-corrected chi connectivity index (χ3v) is 8.53. The Morgan fingerprint density at radius 2 is 1.62 bits per heavy atom. The second-order valence-corrected chi connectivity index (χ2v) is 11.9. The third-order valence-electron chi connectivity index (χ3n) is 5.84. The zero-order chi connectivity index (χ0) is 26.2. The summed E-state index contributed by atoms with van der Waals surface area (Å²) >= 11 is 4.19. The number of aryl methyl sites for hydroxylation is 1. The van der Waals surface area contributed by atoms with Crippen molar-refractivity contribution in [3.63, 3.8) is 0 Å². The van der Waals surface area contributed by atoms with Gasteiger partial charge < -0.3 is 4.18 Å². The van der Waals surface area contributed by atoms with Crippen molar-refractivity contribution in [3.8, 4) is 5.75 Å². The van der Waals surface area contributed by atoms with Crippen LogP contribution in [-0.2, 0) is 21.5 Å². The first kappa shape index (κ1) is 25.3. The van der Waals surface area contributed by atoms with Gasteiger partial charge >= 0.3 is 10.1 Å². The molecule has 0 spiro atoms. The van der Waals surface area contributed by atoms with Crippen LogP contribution in [0.4, 0.5) is 4.79 Å². The largest absolute Gasteiger partial charge is 0.378 e. The van der Waals surface area contributed by atoms with Gasteiger partial charge in [-0.05, 0) is 71.4 Å². The van der Waals surface area contributed by atoms with E-state index in [0.717, 1.165) is 32.7 Å². The molecule has 0 bridgehead atoms. The fourth-order valence-corrected chi connectivity index (χ4v) is 5.94. The lowest BCUT2D eigenvalue weighted by Crippen LogP contribution is -2.27. The summed E-state index contributed by atoms with van der Waals surface area (Å²) in [7, 11) is -4.14. The van der Waals surface area contributed by atoms with Crippen molar-refractivity contribution < 1.29 is 22.2 Å². The number of halogens is 1. The fourth-order valence-electron chi connectivity index (χ4n) is 3.91. The lowest BCUT2D eigenvalue weighted by molar-refractivity contribution is -0.123. The van der Waals surface area contributed by atoms with Crippen LogP contribution in [0.15, 0.2) is 99.2 Å². The minimum atomic E-state index is -4.14. The number of thioether (sulfide) groups is 1. The minimum Gasteiger partial charge on any atom is -0.378 e. The molecule has 0 saturated carbocycles. The first-order valence-electron chi connectivity index (χ1n) is 11.2. The number of imide groups is 1. The molecule has 1 saturated heterocycles. The molecule has 0 N–H and O–H groups in total. The predicted octanol–water partition coefficient (Wildman–Crippen LogP) is 6.91. The average Bonchev–Trinajstić information content (AvgIpc) is 3.14. The number of fused-ring (bicyclic) bond motifs is 1. The van der Waals surface area contributed by atoms with Crippen molar-refractivity contribution in [3.05, 3.63) is 111 Å². The number of carbonyl (C=O) groups excluding carboxylic acids is 2. The Bertz CT molecular complexity index is 1660. The summed E-state index contributed by atoms with van der Waals surface area (Å²) < 4.78 is 32.6. The molecule has 1 aliphatic heterocycles. The van der Waals surface area contributed by atoms with Gasteiger partial charge in [-0.15, -0.1) is 0 Å². The molecular formula is C28H20BrNO5S2. The fraction of sp³-hybridized carbons (Fsp3) is 0.0714. The SMILES string of the molecule is Cc1ccc(S(=O)(=O)Oc2ccc3ccccc3c2/C=C2\SC(=O)N(Cc3ccc(Br)cc3)C2=O)cc1. The number of rotatable bonds is 6. The zero-order valence-electron chi connectivity index (χ0n) is 19.6. The Labute approximate surface area is 227 Å². The summed E-state index contributed by atoms with van der Waals surface area (Å²) in [5, 5.41) is 1.14. The van der Waals surface area contributed by atoms with Crippen molar-refractivity contribution in [2.45, 2.75) is 18.4 Å². The molecule has 1 aliphatic rings. The predicted molar refractivity (Wildman–Crippen MR) is 149 cm³/mol. The van der Waals surface area contributed by atoms with Gasteiger partial charge in [0.15, 0.2) is 5.75 Å². The molecule has 37 heavy (non-hydrogen) atoms. The molecule has 0 unspecified atom stereocenters. The molecule has 2 amide bonds. The van der Waals surface area contributed by atoms with Crippen LogP contribution in [0.25, 0.3) is 16.8 Å². The van der Waals surface area contributed by atoms with Crippen LogP contribution in [0.2, 0.25) is 0 Å². The second-order valence-electron chi connectivity index (χ2n) is 8.44. The van der Waals surface area contributed by atoms with Gasteiger partial charge in [-0.25, -0.2) is 0 Å². The quantitative estimate of drug-likeness (QED) is 0.178. The van der Waals surface area contributed by atoms with Crippen molar-refractivity contribution in [2.24, 2.45) is 0 Å². The van der Waals surface area contributed by atoms with Gasteiger partial charge in [0.1, 0.15) is 4.90 Å². The van der Waals surface area contributed by atoms with Crippen molar-refractivity contribution >= 4 is 65.8 Å². The number of hydrogen-bond donors (Lipinski definition) is 0. The Hall–Kier alpha value is -3.40. The highest BCUT2D eigenvalue weighted by Crippen LogP contribution is 2.38. The molecule has 186 valence electrons. The Balaban J connectivity index is 1.53. The molecule has 9 heteroatoms. The number of carbonyl (C=O) groups is 2. The van der Waals surface area contributed by atoms with Crippen LogP contribution < -0.4 is 4.18 Å². The van der Waals surface area contributed by atoms with E-state index < -0.39 is 21.3 Å². The molecule has 1 heterocycles. The van der Waals surface area contributed by atoms with Crippen molar-refractivity contribution in [2.75, 3.05) is 0 Å². The van der Waals surface area contributed by atoms with E-state index in [4.69, 9.17) is 4.18 Å². The van der Waals surface area contributed by atoms with E-state index in [1.807, 2.05) is 55.5 Å². The third kappa shape index (κ3) is 5.34. The molecule has 0 aromatic heterocycles. The van der Waals surface area contributed by atoms with Crippen molar-refractivity contribution in [1.29, 1.82) is 0 Å². The van der Waals surface area contributed by atoms with Gasteiger partial charge in [-0.1, -0.05) is 76.1 Å². The van der Waals surface area contributed by atoms with Gasteiger partial charge in [0.25, 0.3) is 11.1 Å². The first-order valence-corrected chi connectivity index (χ1v) is 14.3. The topological polar surface area (TPSA) is 80.8 Å². The van der Waals surface area contributed by atoms with Gasteiger partial charge in [0, 0.05) is 10.0 Å². The molecule has 1 fully saturated rings. The summed E-state index contributed by atoms with van der Waals surface area (Å²) in [5.41, 5.74) is 2.14. The van der Waals surface area contributed by atoms with E-state index in [1.165, 1.54) is 23.1 Å². The van der Waals surface area contributed by atoms with Crippen LogP contribution in [0.1, 0.15) is 16.7 Å². The highest BCUT2D eigenvalue weighted by molar-refractivity contribution is 9.10. The van der Waals surface area contributed by atoms with Crippen molar-refractivity contribution in [1.82, 2.24) is 4.90 Å². The summed E-state index contributed by atoms with van der Waals surface area (Å²) in [6.07, 6.45) is 1.54. The smallest absolute Gasteiger partial charge is 0.339 e. The summed E-state index contributed by atoms with van der Waals surface area (Å²) in [6.45, 7) is 2.00. The lowest BCUT2D eigenvalue weighted by atomic mass is 10.0.